The van der Waals surface area contributed by atoms with Crippen molar-refractivity contribution in [3.8, 4) is 0 Å². The molecule has 0 radical (unpaired) electrons. The Kier molecular flexibility index (Phi) is 5.18. The molecule has 1 unspecified atom stereocenters. The molecular formula is C24H23N5O3. The molecule has 2 amide bonds. The summed E-state index contributed by atoms with van der Waals surface area (Å²) in [7, 11) is 0. The third-order valence-electron chi connectivity index (χ3n) is 5.99. The first-order chi connectivity index (χ1) is 15.6. The Labute approximate surface area is 184 Å². The van der Waals surface area contributed by atoms with Crippen LogP contribution in [-0.2, 0) is 29.1 Å². The van der Waals surface area contributed by atoms with Gasteiger partial charge in [0.2, 0.25) is 17.8 Å². The maximum absolute atomic E-state index is 13.0. The van der Waals surface area contributed by atoms with E-state index in [0.717, 1.165) is 12.0 Å². The van der Waals surface area contributed by atoms with Gasteiger partial charge in [-0.3, -0.25) is 19.4 Å². The Hall–Kier alpha value is -3.94. The zero-order chi connectivity index (χ0) is 22.1. The normalized spacial score (nSPS) is 17.2. The van der Waals surface area contributed by atoms with Gasteiger partial charge in [0.1, 0.15) is 5.82 Å². The van der Waals surface area contributed by atoms with E-state index in [0.29, 0.717) is 25.6 Å². The van der Waals surface area contributed by atoms with E-state index >= 15 is 0 Å². The zero-order valence-corrected chi connectivity index (χ0v) is 17.4. The summed E-state index contributed by atoms with van der Waals surface area (Å²) in [4.78, 5) is 47.6. The van der Waals surface area contributed by atoms with E-state index in [-0.39, 0.29) is 29.6 Å². The molecule has 3 aromatic rings. The molecule has 2 aliphatic heterocycles. The second-order valence-corrected chi connectivity index (χ2v) is 8.10. The number of carbonyl (C=O) groups is 2. The van der Waals surface area contributed by atoms with Crippen molar-refractivity contribution in [2.45, 2.75) is 31.8 Å². The van der Waals surface area contributed by atoms with Gasteiger partial charge >= 0.3 is 0 Å². The molecule has 0 bridgehead atoms. The van der Waals surface area contributed by atoms with Crippen LogP contribution >= 0.6 is 0 Å². The quantitative estimate of drug-likeness (QED) is 0.589. The first kappa shape index (κ1) is 20.0. The Balaban J connectivity index is 1.40. The summed E-state index contributed by atoms with van der Waals surface area (Å²) >= 11 is 0. The van der Waals surface area contributed by atoms with Crippen molar-refractivity contribution < 1.29 is 9.59 Å². The van der Waals surface area contributed by atoms with E-state index in [1.807, 2.05) is 47.4 Å². The van der Waals surface area contributed by atoms with Gasteiger partial charge in [0.25, 0.3) is 5.56 Å². The third-order valence-corrected chi connectivity index (χ3v) is 5.99. The molecule has 0 saturated carbocycles. The first-order valence-electron chi connectivity index (χ1n) is 10.7. The number of benzene rings is 2. The van der Waals surface area contributed by atoms with Crippen LogP contribution in [0.1, 0.15) is 34.6 Å². The minimum absolute atomic E-state index is 0.0885. The van der Waals surface area contributed by atoms with E-state index < -0.39 is 11.5 Å². The number of amides is 2. The van der Waals surface area contributed by atoms with Gasteiger partial charge in [-0.15, -0.1) is 0 Å². The molecule has 1 atom stereocenters. The summed E-state index contributed by atoms with van der Waals surface area (Å²) in [5.41, 5.74) is 3.21. The summed E-state index contributed by atoms with van der Waals surface area (Å²) in [6.07, 6.45) is 0.753. The molecule has 0 spiro atoms. The molecule has 8 nitrogen and oxygen atoms in total. The Morgan fingerprint density at radius 2 is 1.81 bits per heavy atom. The number of anilines is 2. The predicted octanol–water partition coefficient (Wildman–Crippen LogP) is 2.07. The Morgan fingerprint density at radius 3 is 2.62 bits per heavy atom. The smallest absolute Gasteiger partial charge is 0.258 e. The average Bonchev–Trinajstić information content (AvgIpc) is 2.82. The second kappa shape index (κ2) is 8.30. The fourth-order valence-electron chi connectivity index (χ4n) is 4.32. The highest BCUT2D eigenvalue weighted by molar-refractivity contribution is 6.00. The van der Waals surface area contributed by atoms with Crippen molar-refractivity contribution in [2.24, 2.45) is 0 Å². The largest absolute Gasteiger partial charge is 0.351 e. The highest BCUT2D eigenvalue weighted by Gasteiger charge is 2.35. The van der Waals surface area contributed by atoms with Crippen LogP contribution in [0.25, 0.3) is 0 Å². The SMILES string of the molecule is O=C1CC(C(=O)NCc2ccccc2)c2c(nc(N3CCc4ccccc4C3)[nH]c2=O)N1. The number of hydrogen-bond acceptors (Lipinski definition) is 5. The highest BCUT2D eigenvalue weighted by atomic mass is 16.2. The number of hydrogen-bond donors (Lipinski definition) is 3. The lowest BCUT2D eigenvalue weighted by Gasteiger charge is -2.30. The van der Waals surface area contributed by atoms with Crippen LogP contribution in [0.5, 0.6) is 0 Å². The van der Waals surface area contributed by atoms with Crippen LogP contribution in [0.4, 0.5) is 11.8 Å². The molecule has 162 valence electrons. The number of aromatic amines is 1. The van der Waals surface area contributed by atoms with Crippen LogP contribution in [0.3, 0.4) is 0 Å². The molecule has 1 aromatic heterocycles. The first-order valence-corrected chi connectivity index (χ1v) is 10.7. The van der Waals surface area contributed by atoms with Gasteiger partial charge in [0.15, 0.2) is 0 Å². The molecule has 0 aliphatic carbocycles. The monoisotopic (exact) mass is 429 g/mol. The van der Waals surface area contributed by atoms with Gasteiger partial charge < -0.3 is 15.5 Å². The van der Waals surface area contributed by atoms with Crippen LogP contribution in [0.15, 0.2) is 59.4 Å². The number of H-pyrrole nitrogens is 1. The second-order valence-electron chi connectivity index (χ2n) is 8.10. The number of nitrogens with one attached hydrogen (secondary N) is 3. The summed E-state index contributed by atoms with van der Waals surface area (Å²) in [6, 6.07) is 17.7. The van der Waals surface area contributed by atoms with E-state index in [9.17, 15) is 14.4 Å². The Morgan fingerprint density at radius 1 is 1.06 bits per heavy atom. The van der Waals surface area contributed by atoms with Crippen molar-refractivity contribution >= 4 is 23.6 Å². The molecule has 32 heavy (non-hydrogen) atoms. The number of nitrogens with zero attached hydrogens (tertiary/aromatic N) is 2. The van der Waals surface area contributed by atoms with Crippen molar-refractivity contribution in [1.82, 2.24) is 15.3 Å². The summed E-state index contributed by atoms with van der Waals surface area (Å²) in [5, 5.41) is 5.52. The summed E-state index contributed by atoms with van der Waals surface area (Å²) in [6.45, 7) is 1.64. The number of fused-ring (bicyclic) bond motifs is 2. The molecule has 0 fully saturated rings. The molecular weight excluding hydrogens is 406 g/mol. The van der Waals surface area contributed by atoms with Gasteiger partial charge in [-0.1, -0.05) is 54.6 Å². The van der Waals surface area contributed by atoms with E-state index in [1.54, 1.807) is 0 Å². The third kappa shape index (κ3) is 3.87. The van der Waals surface area contributed by atoms with Crippen LogP contribution < -0.4 is 21.1 Å². The van der Waals surface area contributed by atoms with Crippen molar-refractivity contribution in [1.29, 1.82) is 0 Å². The van der Waals surface area contributed by atoms with E-state index in [2.05, 4.69) is 32.7 Å². The van der Waals surface area contributed by atoms with Crippen molar-refractivity contribution in [3.63, 3.8) is 0 Å². The number of aromatic nitrogens is 2. The maximum Gasteiger partial charge on any atom is 0.258 e. The molecule has 3 N–H and O–H groups in total. The maximum atomic E-state index is 13.0. The Bertz CT molecular complexity index is 1240. The van der Waals surface area contributed by atoms with Gasteiger partial charge in [0.05, 0.1) is 11.5 Å². The lowest BCUT2D eigenvalue weighted by molar-refractivity contribution is -0.126. The molecule has 8 heteroatoms. The predicted molar refractivity (Wildman–Crippen MR) is 120 cm³/mol. The fraction of sp³-hybridized carbons (Fsp3) is 0.250. The number of carbonyl (C=O) groups excluding carboxylic acids is 2. The standard InChI is InChI=1S/C24H23N5O3/c30-19-12-18(22(31)25-13-15-6-2-1-3-7-15)20-21(26-19)27-24(28-23(20)32)29-11-10-16-8-4-5-9-17(16)14-29/h1-9,18H,10-14H2,(H,25,31)(H2,26,27,28,30,32). The summed E-state index contributed by atoms with van der Waals surface area (Å²) in [5.74, 6) is -1.01. The lowest BCUT2D eigenvalue weighted by atomic mass is 9.92. The molecule has 2 aromatic carbocycles. The molecule has 5 rings (SSSR count). The van der Waals surface area contributed by atoms with Gasteiger partial charge in [-0.25, -0.2) is 0 Å². The van der Waals surface area contributed by atoms with Crippen molar-refractivity contribution in [2.75, 3.05) is 16.8 Å². The zero-order valence-electron chi connectivity index (χ0n) is 17.4. The molecule has 0 saturated heterocycles. The van der Waals surface area contributed by atoms with Crippen molar-refractivity contribution in [3.05, 3.63) is 87.2 Å². The number of rotatable bonds is 4. The topological polar surface area (TPSA) is 107 Å². The fourth-order valence-corrected chi connectivity index (χ4v) is 4.32. The minimum Gasteiger partial charge on any atom is -0.351 e. The lowest BCUT2D eigenvalue weighted by Crippen LogP contribution is -2.40. The molecule has 2 aliphatic rings. The van der Waals surface area contributed by atoms with Crippen LogP contribution in [-0.4, -0.2) is 28.3 Å². The van der Waals surface area contributed by atoms with Crippen LogP contribution in [0.2, 0.25) is 0 Å². The summed E-state index contributed by atoms with van der Waals surface area (Å²) < 4.78 is 0. The van der Waals surface area contributed by atoms with Crippen LogP contribution in [0, 0.1) is 0 Å². The van der Waals surface area contributed by atoms with Gasteiger partial charge in [0, 0.05) is 26.1 Å². The van der Waals surface area contributed by atoms with Gasteiger partial charge in [-0.2, -0.15) is 4.98 Å². The van der Waals surface area contributed by atoms with E-state index in [1.165, 1.54) is 11.1 Å². The van der Waals surface area contributed by atoms with E-state index in [4.69, 9.17) is 0 Å². The van der Waals surface area contributed by atoms with Gasteiger partial charge in [-0.05, 0) is 23.1 Å². The highest BCUT2D eigenvalue weighted by Crippen LogP contribution is 2.30. The molecule has 3 heterocycles. The average molecular weight is 429 g/mol. The minimum atomic E-state index is -0.880.